The summed E-state index contributed by atoms with van der Waals surface area (Å²) in [5, 5.41) is 10.3. The maximum Gasteiger partial charge on any atom is 0.247 e. The van der Waals surface area contributed by atoms with Gasteiger partial charge in [-0.3, -0.25) is 14.4 Å². The first-order valence-electron chi connectivity index (χ1n) is 13.4. The van der Waals surface area contributed by atoms with Crippen LogP contribution in [0.4, 0.5) is 0 Å². The van der Waals surface area contributed by atoms with Gasteiger partial charge in [0.05, 0.1) is 29.2 Å². The lowest BCUT2D eigenvalue weighted by molar-refractivity contribution is -0.149. The highest BCUT2D eigenvalue weighted by Crippen LogP contribution is 2.68. The summed E-state index contributed by atoms with van der Waals surface area (Å²) in [5.41, 5.74) is -0.493. The average molecular weight is 599 g/mol. The van der Waals surface area contributed by atoms with Crippen LogP contribution in [0.2, 0.25) is 0 Å². The molecule has 3 saturated heterocycles. The Morgan fingerprint density at radius 2 is 1.86 bits per heavy atom. The second kappa shape index (κ2) is 11.4. The molecule has 208 valence electrons. The first kappa shape index (κ1) is 30.2. The van der Waals surface area contributed by atoms with E-state index in [0.29, 0.717) is 26.1 Å². The molecule has 3 fully saturated rings. The third kappa shape index (κ3) is 5.05. The molecular weight excluding hydrogens is 554 g/mol. The average Bonchev–Trinajstić information content (AvgIpc) is 3.40. The van der Waals surface area contributed by atoms with Crippen molar-refractivity contribution in [3.05, 3.63) is 25.3 Å². The van der Waals surface area contributed by atoms with Crippen LogP contribution in [0.3, 0.4) is 0 Å². The molecule has 3 aliphatic heterocycles. The molecule has 0 aliphatic carbocycles. The monoisotopic (exact) mass is 597 g/mol. The van der Waals surface area contributed by atoms with Gasteiger partial charge in [-0.15, -0.1) is 24.9 Å². The third-order valence-corrected chi connectivity index (χ3v) is 11.3. The number of hydrogen-bond donors (Lipinski definition) is 1. The fraction of sp³-hybridized carbons (Fsp3) is 0.750. The number of likely N-dealkylation sites (tertiary alicyclic amines) is 1. The van der Waals surface area contributed by atoms with E-state index in [1.807, 2.05) is 41.5 Å². The van der Waals surface area contributed by atoms with Gasteiger partial charge in [-0.05, 0) is 39.5 Å². The van der Waals surface area contributed by atoms with E-state index in [2.05, 4.69) is 29.1 Å². The number of alkyl halides is 1. The van der Waals surface area contributed by atoms with Gasteiger partial charge in [-0.25, -0.2) is 0 Å². The number of fused-ring (bicyclic) bond motifs is 1. The van der Waals surface area contributed by atoms with Gasteiger partial charge in [-0.1, -0.05) is 48.9 Å². The van der Waals surface area contributed by atoms with Gasteiger partial charge in [0.1, 0.15) is 6.04 Å². The number of hydrogen-bond acceptors (Lipinski definition) is 5. The molecule has 1 N–H and O–H groups in total. The Kier molecular flexibility index (Phi) is 9.33. The number of nitrogens with zero attached hydrogens (tertiary/aromatic N) is 3. The zero-order chi connectivity index (χ0) is 27.9. The highest BCUT2D eigenvalue weighted by atomic mass is 79.9. The molecule has 0 aromatic heterocycles. The Labute approximate surface area is 235 Å². The lowest BCUT2D eigenvalue weighted by Crippen LogP contribution is -2.61. The quantitative estimate of drug-likeness (QED) is 0.290. The van der Waals surface area contributed by atoms with Gasteiger partial charge in [0, 0.05) is 35.3 Å². The van der Waals surface area contributed by atoms with Crippen LogP contribution in [0.1, 0.15) is 54.4 Å². The molecule has 3 rings (SSSR count). The standard InChI is InChI=1S/C28H44BrN3O4S/c1-9-12-30(13-10-2)24(34)20-21-25(35)32(19(16-33)17(4)5)23(28(21)15-18(29)22(20)37-28)26(36)31(14-11-3)27(6,7)8/h9,11,17-23,33H,1,3,10,12-16H2,2,4-8H3/t18?,19-,20-,21-,22-,23?,28?/m0/s1. The van der Waals surface area contributed by atoms with E-state index in [1.165, 1.54) is 0 Å². The summed E-state index contributed by atoms with van der Waals surface area (Å²) in [6.07, 6.45) is 4.86. The molecule has 0 saturated carbocycles. The van der Waals surface area contributed by atoms with E-state index in [-0.39, 0.29) is 40.3 Å². The molecule has 0 aromatic rings. The summed E-state index contributed by atoms with van der Waals surface area (Å²) in [5.74, 6) is -1.56. The van der Waals surface area contributed by atoms with Crippen molar-refractivity contribution >= 4 is 45.4 Å². The van der Waals surface area contributed by atoms with Crippen molar-refractivity contribution < 1.29 is 19.5 Å². The van der Waals surface area contributed by atoms with Crippen LogP contribution in [0.15, 0.2) is 25.3 Å². The maximum absolute atomic E-state index is 14.5. The van der Waals surface area contributed by atoms with Crippen LogP contribution in [-0.2, 0) is 14.4 Å². The second-order valence-electron chi connectivity index (χ2n) is 11.9. The minimum Gasteiger partial charge on any atom is -0.394 e. The fourth-order valence-corrected chi connectivity index (χ4v) is 10.1. The van der Waals surface area contributed by atoms with E-state index in [4.69, 9.17) is 0 Å². The molecule has 0 radical (unpaired) electrons. The Balaban J connectivity index is 2.18. The molecule has 1 spiro atoms. The van der Waals surface area contributed by atoms with Crippen molar-refractivity contribution in [2.24, 2.45) is 17.8 Å². The molecule has 7 atom stereocenters. The number of carbonyl (C=O) groups excluding carboxylic acids is 3. The summed E-state index contributed by atoms with van der Waals surface area (Å²) in [6, 6.07) is -1.29. The maximum atomic E-state index is 14.5. The van der Waals surface area contributed by atoms with Crippen LogP contribution < -0.4 is 0 Å². The number of rotatable bonds is 11. The highest BCUT2D eigenvalue weighted by Gasteiger charge is 2.76. The van der Waals surface area contributed by atoms with E-state index >= 15 is 0 Å². The number of aliphatic hydroxyl groups is 1. The SMILES string of the molecule is C=CCN(CCC)C(=O)[C@H]1[C@H]2C(=O)N([C@@H](CO)C(C)C)C(C(=O)N(CC=C)C(C)(C)C)C23CC(Br)[C@@H]1S3. The predicted molar refractivity (Wildman–Crippen MR) is 153 cm³/mol. The normalized spacial score (nSPS) is 31.4. The van der Waals surface area contributed by atoms with Crippen LogP contribution in [-0.4, -0.2) is 96.2 Å². The van der Waals surface area contributed by atoms with Gasteiger partial charge >= 0.3 is 0 Å². The van der Waals surface area contributed by atoms with Crippen molar-refractivity contribution in [2.45, 2.75) is 86.8 Å². The molecule has 3 amide bonds. The van der Waals surface area contributed by atoms with Crippen LogP contribution in [0.5, 0.6) is 0 Å². The largest absolute Gasteiger partial charge is 0.394 e. The molecule has 0 aromatic carbocycles. The molecule has 2 bridgehead atoms. The molecule has 3 unspecified atom stereocenters. The summed E-state index contributed by atoms with van der Waals surface area (Å²) in [6.45, 7) is 20.7. The Hall–Kier alpha value is -1.32. The number of aliphatic hydroxyl groups excluding tert-OH is 1. The van der Waals surface area contributed by atoms with E-state index in [9.17, 15) is 19.5 Å². The van der Waals surface area contributed by atoms with Gasteiger partial charge in [0.25, 0.3) is 0 Å². The van der Waals surface area contributed by atoms with Gasteiger partial charge < -0.3 is 19.8 Å². The van der Waals surface area contributed by atoms with E-state index < -0.39 is 34.2 Å². The molecule has 7 nitrogen and oxygen atoms in total. The van der Waals surface area contributed by atoms with Crippen LogP contribution >= 0.6 is 27.7 Å². The van der Waals surface area contributed by atoms with Crippen molar-refractivity contribution in [3.63, 3.8) is 0 Å². The minimum atomic E-state index is -0.768. The van der Waals surface area contributed by atoms with E-state index in [1.54, 1.807) is 38.6 Å². The van der Waals surface area contributed by atoms with E-state index in [0.717, 1.165) is 6.42 Å². The predicted octanol–water partition coefficient (Wildman–Crippen LogP) is 3.71. The number of halogens is 1. The summed E-state index contributed by atoms with van der Waals surface area (Å²) in [4.78, 5) is 48.1. The summed E-state index contributed by atoms with van der Waals surface area (Å²) >= 11 is 5.48. The number of carbonyl (C=O) groups is 3. The second-order valence-corrected chi connectivity index (χ2v) is 14.6. The zero-order valence-corrected chi connectivity index (χ0v) is 25.6. The Bertz CT molecular complexity index is 922. The Morgan fingerprint density at radius 1 is 1.24 bits per heavy atom. The summed E-state index contributed by atoms with van der Waals surface area (Å²) < 4.78 is -0.744. The van der Waals surface area contributed by atoms with Crippen LogP contribution in [0, 0.1) is 17.8 Å². The van der Waals surface area contributed by atoms with Gasteiger partial charge in [0.15, 0.2) is 0 Å². The lowest BCUT2D eigenvalue weighted by Gasteiger charge is -2.44. The van der Waals surface area contributed by atoms with Crippen molar-refractivity contribution in [3.8, 4) is 0 Å². The smallest absolute Gasteiger partial charge is 0.247 e. The molecule has 9 heteroatoms. The fourth-order valence-electron chi connectivity index (χ4n) is 6.51. The zero-order valence-electron chi connectivity index (χ0n) is 23.2. The van der Waals surface area contributed by atoms with Crippen LogP contribution in [0.25, 0.3) is 0 Å². The highest BCUT2D eigenvalue weighted by molar-refractivity contribution is 9.09. The van der Waals surface area contributed by atoms with Gasteiger partial charge in [0.2, 0.25) is 17.7 Å². The van der Waals surface area contributed by atoms with Crippen molar-refractivity contribution in [1.29, 1.82) is 0 Å². The molecular formula is C28H44BrN3O4S. The molecule has 3 aliphatic rings. The third-order valence-electron chi connectivity index (χ3n) is 8.10. The first-order chi connectivity index (χ1) is 17.3. The summed E-state index contributed by atoms with van der Waals surface area (Å²) in [7, 11) is 0. The van der Waals surface area contributed by atoms with Crippen molar-refractivity contribution in [2.75, 3.05) is 26.2 Å². The van der Waals surface area contributed by atoms with Crippen molar-refractivity contribution in [1.82, 2.24) is 14.7 Å². The Morgan fingerprint density at radius 3 is 2.35 bits per heavy atom. The molecule has 3 heterocycles. The number of amides is 3. The molecule has 37 heavy (non-hydrogen) atoms. The minimum absolute atomic E-state index is 0.00655. The topological polar surface area (TPSA) is 81.2 Å². The lowest BCUT2D eigenvalue weighted by atomic mass is 9.70. The number of thioether (sulfide) groups is 1. The first-order valence-corrected chi connectivity index (χ1v) is 15.2. The van der Waals surface area contributed by atoms with Gasteiger partial charge in [-0.2, -0.15) is 0 Å².